The quantitative estimate of drug-likeness (QED) is 0.308. The number of ether oxygens (including phenoxy) is 1. The van der Waals surface area contributed by atoms with Crippen LogP contribution in [-0.2, 0) is 4.74 Å². The van der Waals surface area contributed by atoms with Crippen LogP contribution >= 0.6 is 24.0 Å². The third-order valence-corrected chi connectivity index (χ3v) is 6.28. The van der Waals surface area contributed by atoms with Crippen molar-refractivity contribution < 1.29 is 4.74 Å². The number of morpholine rings is 1. The lowest BCUT2D eigenvalue weighted by molar-refractivity contribution is -0.0352. The van der Waals surface area contributed by atoms with Crippen LogP contribution < -0.4 is 10.6 Å². The van der Waals surface area contributed by atoms with Crippen LogP contribution in [0, 0.1) is 0 Å². The molecular weight excluding hydrogens is 453 g/mol. The van der Waals surface area contributed by atoms with Gasteiger partial charge in [0.1, 0.15) is 0 Å². The van der Waals surface area contributed by atoms with Gasteiger partial charge in [-0.05, 0) is 32.9 Å². The first kappa shape index (κ1) is 24.9. The van der Waals surface area contributed by atoms with E-state index >= 15 is 0 Å². The molecule has 0 radical (unpaired) electrons. The van der Waals surface area contributed by atoms with Crippen LogP contribution in [0.25, 0.3) is 0 Å². The first-order valence-corrected chi connectivity index (χ1v) is 10.7. The van der Waals surface area contributed by atoms with Crippen LogP contribution in [0.5, 0.6) is 0 Å². The van der Waals surface area contributed by atoms with E-state index in [4.69, 9.17) is 4.74 Å². The van der Waals surface area contributed by atoms with Crippen molar-refractivity contribution in [1.82, 2.24) is 20.4 Å². The summed E-state index contributed by atoms with van der Waals surface area (Å²) in [4.78, 5) is 9.61. The van der Waals surface area contributed by atoms with Gasteiger partial charge in [-0.3, -0.25) is 14.8 Å². The third-order valence-electron chi connectivity index (χ3n) is 6.28. The van der Waals surface area contributed by atoms with Crippen molar-refractivity contribution in [3.63, 3.8) is 0 Å². The van der Waals surface area contributed by atoms with E-state index in [2.05, 4.69) is 46.2 Å². The zero-order valence-corrected chi connectivity index (χ0v) is 20.3. The second-order valence-corrected chi connectivity index (χ2v) is 7.76. The summed E-state index contributed by atoms with van der Waals surface area (Å²) in [5.74, 6) is 0.933. The Labute approximate surface area is 183 Å². The molecule has 1 heterocycles. The number of nitrogens with zero attached hydrogens (tertiary/aromatic N) is 3. The van der Waals surface area contributed by atoms with E-state index in [-0.39, 0.29) is 29.5 Å². The van der Waals surface area contributed by atoms with Gasteiger partial charge in [0.2, 0.25) is 0 Å². The number of aliphatic imine (C=N–C) groups is 1. The van der Waals surface area contributed by atoms with Gasteiger partial charge < -0.3 is 15.4 Å². The number of nitrogens with one attached hydrogen (secondary N) is 2. The summed E-state index contributed by atoms with van der Waals surface area (Å²) in [6, 6.07) is 0.506. The summed E-state index contributed by atoms with van der Waals surface area (Å²) < 4.78 is 5.59. The monoisotopic (exact) mass is 495 g/mol. The van der Waals surface area contributed by atoms with Crippen LogP contribution in [0.15, 0.2) is 4.99 Å². The highest BCUT2D eigenvalue weighted by atomic mass is 127. The maximum atomic E-state index is 5.59. The number of hydrogen-bond donors (Lipinski definition) is 2. The van der Waals surface area contributed by atoms with Crippen molar-refractivity contribution in [3.05, 3.63) is 0 Å². The number of halogens is 1. The molecule has 0 spiro atoms. The minimum absolute atomic E-state index is 0. The molecule has 0 aromatic carbocycles. The van der Waals surface area contributed by atoms with Crippen LogP contribution in [0.1, 0.15) is 52.9 Å². The summed E-state index contributed by atoms with van der Waals surface area (Å²) in [6.07, 6.45) is 6.62. The molecule has 1 unspecified atom stereocenters. The zero-order chi connectivity index (χ0) is 18.8. The highest BCUT2D eigenvalue weighted by Crippen LogP contribution is 2.33. The average molecular weight is 495 g/mol. The van der Waals surface area contributed by atoms with Crippen molar-refractivity contribution in [3.8, 4) is 0 Å². The van der Waals surface area contributed by atoms with E-state index in [1.54, 1.807) is 0 Å². The number of guanidine groups is 1. The Morgan fingerprint density at radius 3 is 2.30 bits per heavy atom. The molecule has 6 nitrogen and oxygen atoms in total. The van der Waals surface area contributed by atoms with Gasteiger partial charge >= 0.3 is 0 Å². The van der Waals surface area contributed by atoms with E-state index in [9.17, 15) is 0 Å². The average Bonchev–Trinajstić information content (AvgIpc) is 2.70. The summed E-state index contributed by atoms with van der Waals surface area (Å²) in [7, 11) is 1.87. The van der Waals surface area contributed by atoms with Crippen LogP contribution in [0.2, 0.25) is 0 Å². The summed E-state index contributed by atoms with van der Waals surface area (Å²) >= 11 is 0. The zero-order valence-electron chi connectivity index (χ0n) is 17.9. The predicted octanol–water partition coefficient (Wildman–Crippen LogP) is 2.53. The Morgan fingerprint density at radius 1 is 1.11 bits per heavy atom. The highest BCUT2D eigenvalue weighted by molar-refractivity contribution is 14.0. The lowest BCUT2D eigenvalue weighted by Gasteiger charge is -2.48. The molecule has 2 rings (SSSR count). The molecule has 2 aliphatic rings. The fraction of sp³-hybridized carbons (Fsp3) is 0.950. The van der Waals surface area contributed by atoms with Gasteiger partial charge in [0.25, 0.3) is 0 Å². The number of rotatable bonds is 8. The van der Waals surface area contributed by atoms with Crippen molar-refractivity contribution in [2.75, 3.05) is 59.5 Å². The van der Waals surface area contributed by atoms with E-state index < -0.39 is 0 Å². The molecule has 0 aromatic rings. The first-order valence-electron chi connectivity index (χ1n) is 10.7. The van der Waals surface area contributed by atoms with Gasteiger partial charge in [-0.1, -0.05) is 33.1 Å². The molecule has 0 bridgehead atoms. The van der Waals surface area contributed by atoms with Crippen molar-refractivity contribution >= 4 is 29.9 Å². The molecule has 27 heavy (non-hydrogen) atoms. The molecule has 2 fully saturated rings. The predicted molar refractivity (Wildman–Crippen MR) is 125 cm³/mol. The Kier molecular flexibility index (Phi) is 12.2. The minimum Gasteiger partial charge on any atom is -0.379 e. The smallest absolute Gasteiger partial charge is 0.191 e. The number of likely N-dealkylation sites (N-methyl/N-ethyl adjacent to an activating group) is 1. The second-order valence-electron chi connectivity index (χ2n) is 7.76. The van der Waals surface area contributed by atoms with Gasteiger partial charge in [-0.15, -0.1) is 24.0 Å². The molecule has 1 saturated carbocycles. The van der Waals surface area contributed by atoms with E-state index in [0.717, 1.165) is 58.4 Å². The van der Waals surface area contributed by atoms with E-state index in [1.165, 1.54) is 32.1 Å². The molecule has 1 aliphatic heterocycles. The number of hydrogen-bond acceptors (Lipinski definition) is 4. The minimum atomic E-state index is 0. The van der Waals surface area contributed by atoms with Crippen molar-refractivity contribution in [1.29, 1.82) is 0 Å². The fourth-order valence-electron chi connectivity index (χ4n) is 4.54. The molecule has 1 aliphatic carbocycles. The largest absolute Gasteiger partial charge is 0.379 e. The Balaban J connectivity index is 0.00000364. The maximum Gasteiger partial charge on any atom is 0.191 e. The van der Waals surface area contributed by atoms with E-state index in [1.807, 2.05) is 7.05 Å². The molecular formula is C20H42IN5O. The molecule has 1 saturated heterocycles. The summed E-state index contributed by atoms with van der Waals surface area (Å²) in [6.45, 7) is 14.7. The second kappa shape index (κ2) is 13.2. The van der Waals surface area contributed by atoms with Gasteiger partial charge in [0.05, 0.1) is 13.2 Å². The normalized spacial score (nSPS) is 22.2. The topological polar surface area (TPSA) is 52.1 Å². The van der Waals surface area contributed by atoms with Crippen molar-refractivity contribution in [2.45, 2.75) is 64.5 Å². The lowest BCUT2D eigenvalue weighted by atomic mass is 9.80. The van der Waals surface area contributed by atoms with E-state index in [0.29, 0.717) is 6.04 Å². The van der Waals surface area contributed by atoms with Gasteiger partial charge in [-0.25, -0.2) is 0 Å². The molecule has 0 aromatic heterocycles. The summed E-state index contributed by atoms with van der Waals surface area (Å²) in [5, 5.41) is 7.18. The van der Waals surface area contributed by atoms with Crippen molar-refractivity contribution in [2.24, 2.45) is 4.99 Å². The third kappa shape index (κ3) is 7.33. The van der Waals surface area contributed by atoms with Crippen LogP contribution in [0.3, 0.4) is 0 Å². The molecule has 1 atom stereocenters. The Morgan fingerprint density at radius 2 is 1.74 bits per heavy atom. The molecule has 0 amide bonds. The van der Waals surface area contributed by atoms with Gasteiger partial charge in [-0.2, -0.15) is 0 Å². The van der Waals surface area contributed by atoms with Gasteiger partial charge in [0, 0.05) is 44.8 Å². The van der Waals surface area contributed by atoms with Crippen LogP contribution in [-0.4, -0.2) is 86.9 Å². The Hall–Kier alpha value is -0.120. The first-order chi connectivity index (χ1) is 12.6. The SMILES string of the molecule is CCN(CC)C(C)CNC(=NC)NCC1(N2CCOCC2)CCCCC1.I. The highest BCUT2D eigenvalue weighted by Gasteiger charge is 2.38. The van der Waals surface area contributed by atoms with Crippen LogP contribution in [0.4, 0.5) is 0 Å². The van der Waals surface area contributed by atoms with Gasteiger partial charge in [0.15, 0.2) is 5.96 Å². The Bertz CT molecular complexity index is 419. The molecule has 2 N–H and O–H groups in total. The standard InChI is InChI=1S/C20H41N5O.HI/c1-5-24(6-2)18(3)16-22-19(21-4)23-17-20(10-8-7-9-11-20)25-12-14-26-15-13-25;/h18H,5-17H2,1-4H3,(H2,21,22,23);1H. The fourth-order valence-corrected chi connectivity index (χ4v) is 4.54. The molecule has 7 heteroatoms. The lowest BCUT2D eigenvalue weighted by Crippen LogP contribution is -2.60. The molecule has 160 valence electrons. The summed E-state index contributed by atoms with van der Waals surface area (Å²) in [5.41, 5.74) is 0.268. The maximum absolute atomic E-state index is 5.59.